The molecule has 0 saturated carbocycles. The van der Waals surface area contributed by atoms with Crippen molar-refractivity contribution in [3.63, 3.8) is 0 Å². The first-order valence-corrected chi connectivity index (χ1v) is 5.11. The highest BCUT2D eigenvalue weighted by molar-refractivity contribution is 7.52. The lowest BCUT2D eigenvalue weighted by molar-refractivity contribution is -0.124. The Hall–Kier alpha value is -0.640. The van der Waals surface area contributed by atoms with Crippen molar-refractivity contribution in [3.8, 4) is 0 Å². The quantitative estimate of drug-likeness (QED) is 0.393. The fourth-order valence-corrected chi connectivity index (χ4v) is 0.619. The van der Waals surface area contributed by atoms with Crippen LogP contribution in [-0.2, 0) is 14.0 Å². The Bertz CT molecular complexity index is 238. The predicted molar refractivity (Wildman–Crippen MR) is 44.4 cm³/mol. The van der Waals surface area contributed by atoms with Crippen LogP contribution < -0.4 is 5.48 Å². The Morgan fingerprint density at radius 3 is 2.58 bits per heavy atom. The van der Waals surface area contributed by atoms with E-state index in [4.69, 9.17) is 4.89 Å². The third kappa shape index (κ3) is 4.28. The Morgan fingerprint density at radius 1 is 1.75 bits per heavy atom. The highest BCUT2D eigenvalue weighted by Gasteiger charge is 2.17. The van der Waals surface area contributed by atoms with Crippen molar-refractivity contribution >= 4 is 13.5 Å². The number of carbonyl (C=O) groups is 1. The molecule has 0 fully saturated rings. The van der Waals surface area contributed by atoms with Crippen LogP contribution in [0.15, 0.2) is 12.2 Å². The molecule has 1 atom stereocenters. The maximum absolute atomic E-state index is 10.8. The molecule has 0 aliphatic rings. The van der Waals surface area contributed by atoms with Gasteiger partial charge in [0.2, 0.25) is 0 Å². The third-order valence-corrected chi connectivity index (χ3v) is 2.24. The summed E-state index contributed by atoms with van der Waals surface area (Å²) in [7, 11) is -3.64. The Kier molecular flexibility index (Phi) is 4.17. The van der Waals surface area contributed by atoms with E-state index in [9.17, 15) is 9.36 Å². The fraction of sp³-hybridized carbons (Fsp3) is 0.500. The minimum Gasteiger partial charge on any atom is -0.323 e. The van der Waals surface area contributed by atoms with E-state index in [-0.39, 0.29) is 11.7 Å². The number of hydrogen-bond acceptors (Lipinski definition) is 3. The molecule has 0 aromatic carbocycles. The summed E-state index contributed by atoms with van der Waals surface area (Å²) in [5.41, 5.74) is 2.04. The van der Waals surface area contributed by atoms with Gasteiger partial charge in [0.05, 0.1) is 0 Å². The van der Waals surface area contributed by atoms with E-state index in [1.165, 1.54) is 13.8 Å². The molecule has 0 aliphatic heterocycles. The lowest BCUT2D eigenvalue weighted by atomic mass is 10.3. The van der Waals surface area contributed by atoms with E-state index in [1.54, 1.807) is 0 Å². The summed E-state index contributed by atoms with van der Waals surface area (Å²) in [5, 5.41) is 0. The van der Waals surface area contributed by atoms with Crippen LogP contribution in [-0.4, -0.2) is 17.0 Å². The van der Waals surface area contributed by atoms with Crippen LogP contribution in [0, 0.1) is 0 Å². The van der Waals surface area contributed by atoms with Gasteiger partial charge in [0.1, 0.15) is 0 Å². The van der Waals surface area contributed by atoms with E-state index in [2.05, 4.69) is 11.2 Å². The largest absolute Gasteiger partial charge is 0.348 e. The van der Waals surface area contributed by atoms with Crippen molar-refractivity contribution in [1.82, 2.24) is 5.48 Å². The molecular formula is C6H12NO4P. The number of hydroxylamine groups is 1. The van der Waals surface area contributed by atoms with E-state index < -0.39 is 13.5 Å². The van der Waals surface area contributed by atoms with Crippen LogP contribution in [0.2, 0.25) is 0 Å². The molecule has 2 N–H and O–H groups in total. The summed E-state index contributed by atoms with van der Waals surface area (Å²) in [5.74, 6) is -0.599. The summed E-state index contributed by atoms with van der Waals surface area (Å²) in [4.78, 5) is 19.6. The topological polar surface area (TPSA) is 75.6 Å². The number of amides is 1. The maximum Gasteiger partial charge on any atom is 0.348 e. The first-order chi connectivity index (χ1) is 5.39. The zero-order chi connectivity index (χ0) is 9.78. The highest BCUT2D eigenvalue weighted by Crippen LogP contribution is 2.39. The molecule has 12 heavy (non-hydrogen) atoms. The maximum atomic E-state index is 10.8. The van der Waals surface area contributed by atoms with Gasteiger partial charge in [0.25, 0.3) is 5.91 Å². The van der Waals surface area contributed by atoms with Crippen molar-refractivity contribution in [2.75, 3.05) is 6.16 Å². The monoisotopic (exact) mass is 193 g/mol. The molecule has 70 valence electrons. The molecule has 1 unspecified atom stereocenters. The van der Waals surface area contributed by atoms with Crippen LogP contribution in [0.25, 0.3) is 0 Å². The normalized spacial score (nSPS) is 14.9. The minimum atomic E-state index is -3.64. The van der Waals surface area contributed by atoms with Gasteiger partial charge in [-0.15, -0.1) is 0 Å². The number of nitrogens with one attached hydrogen (secondary N) is 1. The number of carbonyl (C=O) groups excluding carboxylic acids is 1. The average molecular weight is 193 g/mol. The molecule has 0 rings (SSSR count). The molecule has 1 amide bonds. The lowest BCUT2D eigenvalue weighted by Crippen LogP contribution is -2.23. The molecule has 6 heteroatoms. The summed E-state index contributed by atoms with van der Waals surface area (Å²) in [6.45, 7) is 6.26. The van der Waals surface area contributed by atoms with E-state index in [0.29, 0.717) is 0 Å². The average Bonchev–Trinajstić information content (AvgIpc) is 2.00. The van der Waals surface area contributed by atoms with Crippen molar-refractivity contribution in [2.24, 2.45) is 0 Å². The molecule has 0 saturated heterocycles. The van der Waals surface area contributed by atoms with Crippen molar-refractivity contribution in [1.29, 1.82) is 0 Å². The predicted octanol–water partition coefficient (Wildman–Crippen LogP) is 0.816. The third-order valence-electron chi connectivity index (χ3n) is 1.07. The van der Waals surface area contributed by atoms with Gasteiger partial charge in [-0.05, 0) is 6.92 Å². The van der Waals surface area contributed by atoms with Gasteiger partial charge >= 0.3 is 7.60 Å². The van der Waals surface area contributed by atoms with Gasteiger partial charge < -0.3 is 4.89 Å². The van der Waals surface area contributed by atoms with Gasteiger partial charge in [0.15, 0.2) is 0 Å². The van der Waals surface area contributed by atoms with Gasteiger partial charge in [-0.3, -0.25) is 9.36 Å². The summed E-state index contributed by atoms with van der Waals surface area (Å²) in [6.07, 6.45) is -0.0521. The van der Waals surface area contributed by atoms with Crippen molar-refractivity contribution in [3.05, 3.63) is 12.2 Å². The summed E-state index contributed by atoms with van der Waals surface area (Å²) in [6, 6.07) is 0. The molecule has 0 spiro atoms. The van der Waals surface area contributed by atoms with Crippen LogP contribution >= 0.6 is 7.60 Å². The molecule has 0 radical (unpaired) electrons. The van der Waals surface area contributed by atoms with Gasteiger partial charge in [-0.1, -0.05) is 13.5 Å². The molecule has 0 heterocycles. The van der Waals surface area contributed by atoms with Crippen LogP contribution in [0.3, 0.4) is 0 Å². The molecule has 0 aromatic rings. The van der Waals surface area contributed by atoms with Gasteiger partial charge in [0, 0.05) is 11.7 Å². The van der Waals surface area contributed by atoms with Gasteiger partial charge in [-0.25, -0.2) is 5.48 Å². The Morgan fingerprint density at radius 2 is 2.25 bits per heavy atom. The highest BCUT2D eigenvalue weighted by atomic mass is 31.2. The summed E-state index contributed by atoms with van der Waals surface area (Å²) >= 11 is 0. The molecule has 0 aromatic heterocycles. The number of rotatable bonds is 4. The standard InChI is InChI=1S/C6H12NO4P/c1-4-12(9,10)11-7-6(8)5(2)3/h2,4H2,1,3H3,(H,7,8)(H,9,10). The second-order valence-corrected chi connectivity index (χ2v) is 4.35. The van der Waals surface area contributed by atoms with E-state index >= 15 is 0 Å². The molecular weight excluding hydrogens is 181 g/mol. The van der Waals surface area contributed by atoms with E-state index in [1.807, 2.05) is 5.48 Å². The fourth-order valence-electron chi connectivity index (χ4n) is 0.264. The molecule has 5 nitrogen and oxygen atoms in total. The molecule has 0 bridgehead atoms. The SMILES string of the molecule is C=C(C)C(=O)NOP(=O)(O)CC. The second-order valence-electron chi connectivity index (χ2n) is 2.26. The zero-order valence-corrected chi connectivity index (χ0v) is 7.93. The van der Waals surface area contributed by atoms with Crippen LogP contribution in [0.5, 0.6) is 0 Å². The first-order valence-electron chi connectivity index (χ1n) is 3.35. The molecule has 0 aliphatic carbocycles. The second kappa shape index (κ2) is 4.40. The van der Waals surface area contributed by atoms with Gasteiger partial charge in [-0.2, -0.15) is 4.62 Å². The Balaban J connectivity index is 3.92. The van der Waals surface area contributed by atoms with Crippen molar-refractivity contribution < 1.29 is 18.9 Å². The van der Waals surface area contributed by atoms with E-state index in [0.717, 1.165) is 0 Å². The Labute approximate surface area is 70.9 Å². The zero-order valence-electron chi connectivity index (χ0n) is 7.03. The lowest BCUT2D eigenvalue weighted by Gasteiger charge is -2.09. The van der Waals surface area contributed by atoms with Crippen molar-refractivity contribution in [2.45, 2.75) is 13.8 Å². The van der Waals surface area contributed by atoms with Crippen LogP contribution in [0.4, 0.5) is 0 Å². The first kappa shape index (κ1) is 11.4. The van der Waals surface area contributed by atoms with Crippen LogP contribution in [0.1, 0.15) is 13.8 Å². The number of hydrogen-bond donors (Lipinski definition) is 2. The summed E-state index contributed by atoms with van der Waals surface area (Å²) < 4.78 is 15.1. The smallest absolute Gasteiger partial charge is 0.323 e. The minimum absolute atomic E-state index is 0.0521.